The second-order valence-corrected chi connectivity index (χ2v) is 28.3. The molecular weight excluding hydrogens is 1160 g/mol. The molecular formula is C69H134O17P2. The van der Waals surface area contributed by atoms with Crippen LogP contribution in [-0.2, 0) is 65.4 Å². The van der Waals surface area contributed by atoms with Crippen molar-refractivity contribution in [1.29, 1.82) is 0 Å². The van der Waals surface area contributed by atoms with Crippen LogP contribution >= 0.6 is 15.6 Å². The van der Waals surface area contributed by atoms with E-state index in [1.54, 1.807) is 0 Å². The molecule has 522 valence electrons. The molecule has 0 aliphatic heterocycles. The number of aliphatic hydroxyl groups excluding tert-OH is 1. The van der Waals surface area contributed by atoms with Gasteiger partial charge in [-0.3, -0.25) is 37.3 Å². The summed E-state index contributed by atoms with van der Waals surface area (Å²) in [6.45, 7) is 9.52. The zero-order valence-electron chi connectivity index (χ0n) is 57.0. The van der Waals surface area contributed by atoms with Crippen LogP contribution in [0.1, 0.15) is 350 Å². The Balaban J connectivity index is 5.21. The Morgan fingerprint density at radius 2 is 0.545 bits per heavy atom. The lowest BCUT2D eigenvalue weighted by Gasteiger charge is -2.21. The van der Waals surface area contributed by atoms with Crippen LogP contribution in [0, 0.1) is 11.8 Å². The predicted molar refractivity (Wildman–Crippen MR) is 354 cm³/mol. The number of carbonyl (C=O) groups is 4. The summed E-state index contributed by atoms with van der Waals surface area (Å²) in [5.74, 6) is -0.563. The second-order valence-electron chi connectivity index (χ2n) is 25.4. The highest BCUT2D eigenvalue weighted by Crippen LogP contribution is 2.45. The van der Waals surface area contributed by atoms with Crippen molar-refractivity contribution in [1.82, 2.24) is 0 Å². The van der Waals surface area contributed by atoms with Gasteiger partial charge in [0.1, 0.15) is 19.3 Å². The van der Waals surface area contributed by atoms with Gasteiger partial charge in [0.2, 0.25) is 0 Å². The molecule has 0 aliphatic rings. The van der Waals surface area contributed by atoms with E-state index < -0.39 is 97.5 Å². The van der Waals surface area contributed by atoms with E-state index in [1.165, 1.54) is 167 Å². The number of ether oxygens (including phenoxy) is 4. The molecule has 0 spiro atoms. The van der Waals surface area contributed by atoms with Gasteiger partial charge in [-0.25, -0.2) is 9.13 Å². The fourth-order valence-electron chi connectivity index (χ4n) is 10.4. The van der Waals surface area contributed by atoms with Crippen LogP contribution in [0.4, 0.5) is 0 Å². The van der Waals surface area contributed by atoms with Crippen LogP contribution in [0.3, 0.4) is 0 Å². The third-order valence-electron chi connectivity index (χ3n) is 16.7. The molecule has 0 rings (SSSR count). The maximum Gasteiger partial charge on any atom is 0.472 e. The van der Waals surface area contributed by atoms with Gasteiger partial charge in [0.15, 0.2) is 12.2 Å². The Kier molecular flexibility index (Phi) is 59.9. The fraction of sp³-hybridized carbons (Fsp3) is 0.942. The third-order valence-corrected chi connectivity index (χ3v) is 18.6. The lowest BCUT2D eigenvalue weighted by Crippen LogP contribution is -2.30. The number of carbonyl (C=O) groups excluding carboxylic acids is 4. The topological polar surface area (TPSA) is 237 Å². The monoisotopic (exact) mass is 1300 g/mol. The molecule has 0 saturated heterocycles. The van der Waals surface area contributed by atoms with Crippen molar-refractivity contribution in [3.05, 3.63) is 0 Å². The van der Waals surface area contributed by atoms with Gasteiger partial charge in [-0.2, -0.15) is 0 Å². The number of phosphoric ester groups is 2. The lowest BCUT2D eigenvalue weighted by atomic mass is 9.99. The molecule has 17 nitrogen and oxygen atoms in total. The first kappa shape index (κ1) is 86.1. The van der Waals surface area contributed by atoms with E-state index in [1.807, 2.05) is 0 Å². The Morgan fingerprint density at radius 3 is 0.807 bits per heavy atom. The van der Waals surface area contributed by atoms with E-state index >= 15 is 0 Å². The summed E-state index contributed by atoms with van der Waals surface area (Å²) in [5, 5.41) is 10.6. The van der Waals surface area contributed by atoms with E-state index in [9.17, 15) is 43.2 Å². The second kappa shape index (κ2) is 61.3. The first-order valence-corrected chi connectivity index (χ1v) is 39.1. The van der Waals surface area contributed by atoms with Gasteiger partial charge in [-0.05, 0) is 37.5 Å². The van der Waals surface area contributed by atoms with E-state index in [2.05, 4.69) is 41.5 Å². The average Bonchev–Trinajstić information content (AvgIpc) is 3.53. The van der Waals surface area contributed by atoms with Gasteiger partial charge in [0, 0.05) is 25.7 Å². The highest BCUT2D eigenvalue weighted by molar-refractivity contribution is 7.47. The summed E-state index contributed by atoms with van der Waals surface area (Å²) in [4.78, 5) is 72.4. The van der Waals surface area contributed by atoms with Gasteiger partial charge in [0.05, 0.1) is 26.4 Å². The van der Waals surface area contributed by atoms with Crippen molar-refractivity contribution < 1.29 is 80.2 Å². The molecule has 88 heavy (non-hydrogen) atoms. The number of rotatable bonds is 68. The molecule has 0 radical (unpaired) electrons. The SMILES string of the molecule is CCCCCCCCCCCCCC(=O)OC[C@H](COP(=O)(O)OC[C@@H](O)COP(=O)(O)OC[C@@H](COC(=O)CCCCCCCCCCC)OC(=O)CCCCCCCCC(C)CC)OC(=O)CCCCCCCCCCCCCCCCC(C)CC. The average molecular weight is 1300 g/mol. The molecule has 19 heteroatoms. The Bertz CT molecular complexity index is 1720. The Morgan fingerprint density at radius 1 is 0.318 bits per heavy atom. The van der Waals surface area contributed by atoms with E-state index in [-0.39, 0.29) is 25.7 Å². The molecule has 7 atom stereocenters. The summed E-state index contributed by atoms with van der Waals surface area (Å²) in [7, 11) is -9.89. The van der Waals surface area contributed by atoms with Crippen LogP contribution in [0.15, 0.2) is 0 Å². The van der Waals surface area contributed by atoms with Crippen molar-refractivity contribution >= 4 is 39.5 Å². The van der Waals surface area contributed by atoms with Gasteiger partial charge >= 0.3 is 39.5 Å². The van der Waals surface area contributed by atoms with Crippen molar-refractivity contribution in [3.63, 3.8) is 0 Å². The minimum atomic E-state index is -4.95. The van der Waals surface area contributed by atoms with Crippen LogP contribution in [0.5, 0.6) is 0 Å². The highest BCUT2D eigenvalue weighted by Gasteiger charge is 2.30. The first-order valence-electron chi connectivity index (χ1n) is 36.1. The molecule has 0 aliphatic carbocycles. The smallest absolute Gasteiger partial charge is 0.462 e. The molecule has 0 aromatic carbocycles. The molecule has 0 saturated carbocycles. The third kappa shape index (κ3) is 60.3. The molecule has 0 amide bonds. The molecule has 0 aromatic heterocycles. The minimum absolute atomic E-state index is 0.103. The van der Waals surface area contributed by atoms with Crippen molar-refractivity contribution in [3.8, 4) is 0 Å². The Hall–Kier alpha value is -1.94. The normalized spacial score (nSPS) is 14.8. The summed E-state index contributed by atoms with van der Waals surface area (Å²) < 4.78 is 68.2. The van der Waals surface area contributed by atoms with Crippen molar-refractivity contribution in [2.24, 2.45) is 11.8 Å². The predicted octanol–water partition coefficient (Wildman–Crippen LogP) is 19.6. The summed E-state index contributed by atoms with van der Waals surface area (Å²) in [5.41, 5.74) is 0. The first-order chi connectivity index (χ1) is 42.4. The van der Waals surface area contributed by atoms with E-state index in [4.69, 9.17) is 37.0 Å². The van der Waals surface area contributed by atoms with E-state index in [0.717, 1.165) is 102 Å². The fourth-order valence-corrected chi connectivity index (χ4v) is 11.9. The van der Waals surface area contributed by atoms with Crippen LogP contribution in [0.25, 0.3) is 0 Å². The maximum atomic E-state index is 13.0. The summed E-state index contributed by atoms with van der Waals surface area (Å²) in [6, 6.07) is 0. The van der Waals surface area contributed by atoms with Crippen LogP contribution in [0.2, 0.25) is 0 Å². The molecule has 0 fully saturated rings. The Labute approximate surface area is 537 Å². The molecule has 0 bridgehead atoms. The van der Waals surface area contributed by atoms with Crippen molar-refractivity contribution in [2.75, 3.05) is 39.6 Å². The maximum absolute atomic E-state index is 13.0. The standard InChI is InChI=1S/C69H134O17P2/c1-7-11-13-15-17-19-24-29-33-40-46-52-67(72)80-57-64(85-68(73)53-47-41-34-30-26-23-21-20-22-25-28-31-37-43-49-61(5)9-3)59-83-87(75,76)81-55-63(70)56-82-88(77,78)84-60-65(58-79-66(71)51-45-39-32-27-18-16-14-12-8-2)86-69(74)54-48-42-36-35-38-44-50-62(6)10-4/h61-65,70H,7-60H2,1-6H3,(H,75,76)(H,77,78)/t61?,62?,63-,64-,65-/m1/s1. The largest absolute Gasteiger partial charge is 0.472 e. The zero-order chi connectivity index (χ0) is 65.0. The number of aliphatic hydroxyl groups is 1. The molecule has 0 heterocycles. The molecule has 4 unspecified atom stereocenters. The number of hydrogen-bond donors (Lipinski definition) is 3. The van der Waals surface area contributed by atoms with Crippen LogP contribution in [-0.4, -0.2) is 96.7 Å². The van der Waals surface area contributed by atoms with Gasteiger partial charge < -0.3 is 33.8 Å². The summed E-state index contributed by atoms with van der Waals surface area (Å²) >= 11 is 0. The number of esters is 4. The quantitative estimate of drug-likeness (QED) is 0.0222. The summed E-state index contributed by atoms with van der Waals surface area (Å²) in [6.07, 6.45) is 45.8. The number of unbranched alkanes of at least 4 members (excludes halogenated alkanes) is 36. The van der Waals surface area contributed by atoms with Crippen LogP contribution < -0.4 is 0 Å². The van der Waals surface area contributed by atoms with Gasteiger partial charge in [0.25, 0.3) is 0 Å². The lowest BCUT2D eigenvalue weighted by molar-refractivity contribution is -0.161. The molecule has 3 N–H and O–H groups in total. The zero-order valence-corrected chi connectivity index (χ0v) is 58.8. The van der Waals surface area contributed by atoms with Crippen molar-refractivity contribution in [2.45, 2.75) is 368 Å². The van der Waals surface area contributed by atoms with E-state index in [0.29, 0.717) is 25.7 Å². The number of hydrogen-bond acceptors (Lipinski definition) is 15. The van der Waals surface area contributed by atoms with Gasteiger partial charge in [-0.15, -0.1) is 0 Å². The van der Waals surface area contributed by atoms with Gasteiger partial charge in [-0.1, -0.05) is 298 Å². The minimum Gasteiger partial charge on any atom is -0.462 e. The number of phosphoric acid groups is 2. The highest BCUT2D eigenvalue weighted by atomic mass is 31.2. The molecule has 0 aromatic rings.